The molecule has 6 heteroatoms. The summed E-state index contributed by atoms with van der Waals surface area (Å²) in [6.45, 7) is 4.28. The minimum absolute atomic E-state index is 0.139. The second kappa shape index (κ2) is 5.48. The summed E-state index contributed by atoms with van der Waals surface area (Å²) in [5, 5.41) is 7.36. The van der Waals surface area contributed by atoms with Crippen molar-refractivity contribution < 1.29 is 8.42 Å². The number of para-hydroxylation sites is 1. The molecule has 0 aliphatic carbocycles. The van der Waals surface area contributed by atoms with Crippen LogP contribution >= 0.6 is 0 Å². The zero-order chi connectivity index (χ0) is 14.0. The van der Waals surface area contributed by atoms with Crippen molar-refractivity contribution in [3.63, 3.8) is 0 Å². The molecule has 1 aliphatic heterocycles. The van der Waals surface area contributed by atoms with Crippen molar-refractivity contribution in [3.05, 3.63) is 24.3 Å². The van der Waals surface area contributed by atoms with E-state index in [0.29, 0.717) is 17.8 Å². The lowest BCUT2D eigenvalue weighted by Gasteiger charge is -2.39. The Kier molecular flexibility index (Phi) is 4.13. The number of sulfonamides is 1. The zero-order valence-corrected chi connectivity index (χ0v) is 12.2. The summed E-state index contributed by atoms with van der Waals surface area (Å²) in [6.07, 6.45) is 3.42. The molecule has 0 amide bonds. The van der Waals surface area contributed by atoms with E-state index in [4.69, 9.17) is 5.14 Å². The van der Waals surface area contributed by atoms with Gasteiger partial charge in [0.25, 0.3) is 0 Å². The van der Waals surface area contributed by atoms with Crippen LogP contribution in [0, 0.1) is 0 Å². The quantitative estimate of drug-likeness (QED) is 0.888. The first-order valence-electron chi connectivity index (χ1n) is 6.56. The van der Waals surface area contributed by atoms with E-state index in [-0.39, 0.29) is 4.90 Å². The first-order valence-corrected chi connectivity index (χ1v) is 8.11. The third-order valence-corrected chi connectivity index (χ3v) is 4.61. The number of nitrogens with zero attached hydrogens (tertiary/aromatic N) is 1. The van der Waals surface area contributed by atoms with Gasteiger partial charge in [0.1, 0.15) is 4.90 Å². The third-order valence-electron chi connectivity index (χ3n) is 3.64. The summed E-state index contributed by atoms with van der Waals surface area (Å²) in [5.74, 6) is 0. The van der Waals surface area contributed by atoms with Crippen LogP contribution in [0.1, 0.15) is 33.1 Å². The van der Waals surface area contributed by atoms with Gasteiger partial charge in [0.05, 0.1) is 5.69 Å². The first kappa shape index (κ1) is 14.3. The topological polar surface area (TPSA) is 75.4 Å². The fraction of sp³-hybridized carbons (Fsp3) is 0.538. The van der Waals surface area contributed by atoms with Gasteiger partial charge in [-0.2, -0.15) is 0 Å². The third kappa shape index (κ3) is 3.26. The van der Waals surface area contributed by atoms with Crippen LogP contribution in [0.4, 0.5) is 5.69 Å². The predicted molar refractivity (Wildman–Crippen MR) is 76.1 cm³/mol. The highest BCUT2D eigenvalue weighted by Gasteiger charge is 2.26. The Morgan fingerprint density at radius 1 is 1.21 bits per heavy atom. The van der Waals surface area contributed by atoms with Gasteiger partial charge in [0.2, 0.25) is 10.0 Å². The van der Waals surface area contributed by atoms with E-state index in [0.717, 1.165) is 12.8 Å². The number of piperidine rings is 1. The lowest BCUT2D eigenvalue weighted by atomic mass is 10.00. The van der Waals surface area contributed by atoms with Gasteiger partial charge >= 0.3 is 0 Å². The van der Waals surface area contributed by atoms with Crippen LogP contribution in [-0.2, 0) is 10.0 Å². The number of hydrogen-bond acceptors (Lipinski definition) is 4. The molecule has 2 unspecified atom stereocenters. The number of nitrogens with one attached hydrogen (secondary N) is 1. The molecule has 0 bridgehead atoms. The summed E-state index contributed by atoms with van der Waals surface area (Å²) in [7, 11) is -3.71. The average Bonchev–Trinajstić information content (AvgIpc) is 2.33. The molecule has 1 heterocycles. The van der Waals surface area contributed by atoms with Crippen molar-refractivity contribution in [1.29, 1.82) is 0 Å². The molecule has 2 rings (SSSR count). The lowest BCUT2D eigenvalue weighted by Crippen LogP contribution is -2.47. The van der Waals surface area contributed by atoms with E-state index >= 15 is 0 Å². The smallest absolute Gasteiger partial charge is 0.240 e. The molecule has 1 aliphatic rings. The van der Waals surface area contributed by atoms with Gasteiger partial charge in [-0.3, -0.25) is 0 Å². The molecular formula is C13H21N3O2S. The van der Waals surface area contributed by atoms with Gasteiger partial charge < -0.3 is 5.43 Å². The van der Waals surface area contributed by atoms with Gasteiger partial charge in [-0.1, -0.05) is 18.6 Å². The van der Waals surface area contributed by atoms with E-state index in [1.54, 1.807) is 18.2 Å². The number of benzene rings is 1. The molecule has 19 heavy (non-hydrogen) atoms. The second-order valence-electron chi connectivity index (χ2n) is 5.19. The van der Waals surface area contributed by atoms with Crippen LogP contribution in [-0.4, -0.2) is 25.5 Å². The Balaban J connectivity index is 2.28. The van der Waals surface area contributed by atoms with E-state index in [9.17, 15) is 8.42 Å². The standard InChI is InChI=1S/C13H21N3O2S/c1-10-6-5-7-11(2)16(10)15-12-8-3-4-9-13(12)19(14,17)18/h3-4,8-11,15H,5-7H2,1-2H3,(H2,14,17,18). The maximum Gasteiger partial charge on any atom is 0.240 e. The molecule has 5 nitrogen and oxygen atoms in total. The molecule has 1 aromatic carbocycles. The van der Waals surface area contributed by atoms with Crippen molar-refractivity contribution in [2.75, 3.05) is 5.43 Å². The summed E-state index contributed by atoms with van der Waals surface area (Å²) >= 11 is 0. The predicted octanol–water partition coefficient (Wildman–Crippen LogP) is 1.92. The largest absolute Gasteiger partial charge is 0.317 e. The summed E-state index contributed by atoms with van der Waals surface area (Å²) in [4.78, 5) is 0.139. The van der Waals surface area contributed by atoms with Gasteiger partial charge in [0, 0.05) is 12.1 Å². The molecule has 2 atom stereocenters. The highest BCUT2D eigenvalue weighted by molar-refractivity contribution is 7.89. The lowest BCUT2D eigenvalue weighted by molar-refractivity contribution is 0.135. The maximum atomic E-state index is 11.6. The summed E-state index contributed by atoms with van der Waals surface area (Å²) in [5.41, 5.74) is 3.78. The Bertz CT molecular complexity index is 535. The van der Waals surface area contributed by atoms with Crippen LogP contribution < -0.4 is 10.6 Å². The van der Waals surface area contributed by atoms with Crippen molar-refractivity contribution in [3.8, 4) is 0 Å². The minimum Gasteiger partial charge on any atom is -0.317 e. The number of hydrazine groups is 1. The highest BCUT2D eigenvalue weighted by Crippen LogP contribution is 2.26. The molecule has 3 N–H and O–H groups in total. The zero-order valence-electron chi connectivity index (χ0n) is 11.3. The fourth-order valence-corrected chi connectivity index (χ4v) is 3.28. The van der Waals surface area contributed by atoms with Crippen molar-refractivity contribution >= 4 is 15.7 Å². The Morgan fingerprint density at radius 3 is 2.37 bits per heavy atom. The molecular weight excluding hydrogens is 262 g/mol. The Hall–Kier alpha value is -1.11. The Labute approximate surface area is 114 Å². The highest BCUT2D eigenvalue weighted by atomic mass is 32.2. The fourth-order valence-electron chi connectivity index (χ4n) is 2.59. The van der Waals surface area contributed by atoms with E-state index in [1.807, 2.05) is 0 Å². The van der Waals surface area contributed by atoms with Crippen molar-refractivity contribution in [2.24, 2.45) is 5.14 Å². The molecule has 1 fully saturated rings. The van der Waals surface area contributed by atoms with Crippen LogP contribution in [0.2, 0.25) is 0 Å². The Morgan fingerprint density at radius 2 is 1.79 bits per heavy atom. The number of primary sulfonamides is 1. The van der Waals surface area contributed by atoms with E-state index in [2.05, 4.69) is 24.3 Å². The average molecular weight is 283 g/mol. The van der Waals surface area contributed by atoms with Gasteiger partial charge in [-0.15, -0.1) is 0 Å². The van der Waals surface area contributed by atoms with Gasteiger partial charge in [-0.05, 0) is 38.8 Å². The number of nitrogens with two attached hydrogens (primary N) is 1. The normalized spacial score (nSPS) is 25.2. The first-order chi connectivity index (χ1) is 8.89. The number of rotatable bonds is 3. The maximum absolute atomic E-state index is 11.6. The molecule has 0 radical (unpaired) electrons. The van der Waals surface area contributed by atoms with Crippen LogP contribution in [0.5, 0.6) is 0 Å². The van der Waals surface area contributed by atoms with Crippen molar-refractivity contribution in [1.82, 2.24) is 5.01 Å². The molecule has 0 saturated carbocycles. The molecule has 1 aromatic rings. The number of anilines is 1. The molecule has 0 spiro atoms. The molecule has 1 saturated heterocycles. The summed E-state index contributed by atoms with van der Waals surface area (Å²) in [6, 6.07) is 7.49. The molecule has 0 aromatic heterocycles. The number of hydrogen-bond donors (Lipinski definition) is 2. The molecule has 106 valence electrons. The van der Waals surface area contributed by atoms with Crippen LogP contribution in [0.3, 0.4) is 0 Å². The minimum atomic E-state index is -3.71. The van der Waals surface area contributed by atoms with E-state index in [1.165, 1.54) is 12.5 Å². The summed E-state index contributed by atoms with van der Waals surface area (Å²) < 4.78 is 23.2. The SMILES string of the molecule is CC1CCCC(C)N1Nc1ccccc1S(N)(=O)=O. The monoisotopic (exact) mass is 283 g/mol. The van der Waals surface area contributed by atoms with Crippen LogP contribution in [0.15, 0.2) is 29.2 Å². The van der Waals surface area contributed by atoms with Crippen LogP contribution in [0.25, 0.3) is 0 Å². The second-order valence-corrected chi connectivity index (χ2v) is 6.72. The van der Waals surface area contributed by atoms with Gasteiger partial charge in [-0.25, -0.2) is 18.6 Å². The van der Waals surface area contributed by atoms with Gasteiger partial charge in [0.15, 0.2) is 0 Å². The van der Waals surface area contributed by atoms with Crippen molar-refractivity contribution in [2.45, 2.75) is 50.1 Å². The van der Waals surface area contributed by atoms with E-state index < -0.39 is 10.0 Å².